The highest BCUT2D eigenvalue weighted by atomic mass is 32.2. The minimum atomic E-state index is -3.68. The first-order valence-corrected chi connectivity index (χ1v) is 16.3. The zero-order chi connectivity index (χ0) is 29.0. The quantitative estimate of drug-likeness (QED) is 0.234. The number of sulfonamides is 1. The lowest BCUT2D eigenvalue weighted by atomic mass is 10.1. The molecule has 0 aliphatic carbocycles. The van der Waals surface area contributed by atoms with Gasteiger partial charge in [-0.3, -0.25) is 4.98 Å². The lowest BCUT2D eigenvalue weighted by molar-refractivity contribution is 0.212. The van der Waals surface area contributed by atoms with Crippen molar-refractivity contribution < 1.29 is 22.3 Å². The second-order valence-electron chi connectivity index (χ2n) is 9.58. The molecule has 216 valence electrons. The first-order chi connectivity index (χ1) is 19.7. The maximum absolute atomic E-state index is 14.2. The molecular weight excluding hydrogens is 589 g/mol. The van der Waals surface area contributed by atoms with Gasteiger partial charge < -0.3 is 10.4 Å². The number of aliphatic hydroxyl groups excluding tert-OH is 1. The van der Waals surface area contributed by atoms with Gasteiger partial charge in [0.25, 0.3) is 0 Å². The molecule has 0 radical (unpaired) electrons. The van der Waals surface area contributed by atoms with Gasteiger partial charge in [0, 0.05) is 43.0 Å². The summed E-state index contributed by atoms with van der Waals surface area (Å²) in [5.41, 5.74) is 1.06. The number of thiazole rings is 1. The third kappa shape index (κ3) is 6.92. The molecule has 41 heavy (non-hydrogen) atoms. The molecule has 0 saturated carbocycles. The van der Waals surface area contributed by atoms with Crippen LogP contribution in [0.3, 0.4) is 0 Å². The van der Waals surface area contributed by atoms with Gasteiger partial charge in [0.15, 0.2) is 5.13 Å². The smallest absolute Gasteiger partial charge is 0.244 e. The number of rotatable bonds is 10. The summed E-state index contributed by atoms with van der Waals surface area (Å²) in [5, 5.41) is 15.2. The molecule has 13 heteroatoms. The summed E-state index contributed by atoms with van der Waals surface area (Å²) < 4.78 is 56.3. The van der Waals surface area contributed by atoms with Crippen LogP contribution in [0.2, 0.25) is 0 Å². The zero-order valence-electron chi connectivity index (χ0n) is 22.2. The molecular formula is C28H29F2N5O3S3. The average molecular weight is 618 g/mol. The molecule has 1 aliphatic rings. The van der Waals surface area contributed by atoms with E-state index in [0.717, 1.165) is 46.4 Å². The molecule has 4 heterocycles. The van der Waals surface area contributed by atoms with Crippen molar-refractivity contribution in [1.82, 2.24) is 19.3 Å². The minimum Gasteiger partial charge on any atom is -0.383 e. The van der Waals surface area contributed by atoms with Crippen molar-refractivity contribution in [2.75, 3.05) is 24.2 Å². The molecule has 2 N–H and O–H groups in total. The van der Waals surface area contributed by atoms with Gasteiger partial charge in [-0.05, 0) is 62.6 Å². The number of benzene rings is 1. The fourth-order valence-electron chi connectivity index (χ4n) is 4.60. The number of nitrogens with one attached hydrogen (secondary N) is 1. The number of aryl methyl sites for hydroxylation is 2. The lowest BCUT2D eigenvalue weighted by Crippen LogP contribution is -2.42. The molecule has 3 aromatic heterocycles. The largest absolute Gasteiger partial charge is 0.383 e. The predicted molar refractivity (Wildman–Crippen MR) is 156 cm³/mol. The van der Waals surface area contributed by atoms with Crippen LogP contribution in [0.5, 0.6) is 0 Å². The van der Waals surface area contributed by atoms with Gasteiger partial charge in [0.2, 0.25) is 10.0 Å². The van der Waals surface area contributed by atoms with Crippen LogP contribution in [0.4, 0.5) is 13.9 Å². The van der Waals surface area contributed by atoms with Crippen molar-refractivity contribution in [2.24, 2.45) is 0 Å². The first kappa shape index (κ1) is 29.5. The Balaban J connectivity index is 1.15. The van der Waals surface area contributed by atoms with Crippen LogP contribution in [0.1, 0.15) is 40.8 Å². The summed E-state index contributed by atoms with van der Waals surface area (Å²) in [6.07, 6.45) is 3.58. The number of halogens is 2. The van der Waals surface area contributed by atoms with Gasteiger partial charge in [0.1, 0.15) is 22.6 Å². The average Bonchev–Trinajstić information content (AvgIpc) is 3.33. The number of anilines is 1. The monoisotopic (exact) mass is 617 g/mol. The van der Waals surface area contributed by atoms with Crippen molar-refractivity contribution >= 4 is 38.3 Å². The maximum atomic E-state index is 14.2. The van der Waals surface area contributed by atoms with E-state index in [1.165, 1.54) is 16.6 Å². The number of nitrogens with zero attached hydrogens (tertiary/aromatic N) is 4. The predicted octanol–water partition coefficient (Wildman–Crippen LogP) is 5.20. The second-order valence-corrected chi connectivity index (χ2v) is 13.7. The van der Waals surface area contributed by atoms with Crippen LogP contribution in [-0.2, 0) is 16.4 Å². The third-order valence-corrected chi connectivity index (χ3v) is 10.8. The van der Waals surface area contributed by atoms with Crippen LogP contribution in [0.15, 0.2) is 70.8 Å². The lowest BCUT2D eigenvalue weighted by Gasteiger charge is -2.31. The van der Waals surface area contributed by atoms with E-state index >= 15 is 0 Å². The highest BCUT2D eigenvalue weighted by Crippen LogP contribution is 2.35. The summed E-state index contributed by atoms with van der Waals surface area (Å²) in [7, 11) is -3.68. The van der Waals surface area contributed by atoms with Gasteiger partial charge in [-0.2, -0.15) is 4.31 Å². The number of aromatic nitrogens is 3. The van der Waals surface area contributed by atoms with Gasteiger partial charge in [-0.1, -0.05) is 23.5 Å². The Labute approximate surface area is 245 Å². The fourth-order valence-corrected chi connectivity index (χ4v) is 7.87. The van der Waals surface area contributed by atoms with Crippen molar-refractivity contribution in [3.8, 4) is 0 Å². The molecule has 1 fully saturated rings. The number of hydrogen-bond acceptors (Lipinski definition) is 9. The Hall–Kier alpha value is -2.97. The van der Waals surface area contributed by atoms with Crippen LogP contribution in [-0.4, -0.2) is 57.7 Å². The van der Waals surface area contributed by atoms with Crippen LogP contribution < -0.4 is 5.32 Å². The molecule has 0 spiro atoms. The minimum absolute atomic E-state index is 0.0433. The Bertz CT molecular complexity index is 1560. The molecule has 1 unspecified atom stereocenters. The Morgan fingerprint density at radius 3 is 2.51 bits per heavy atom. The van der Waals surface area contributed by atoms with Crippen molar-refractivity contribution in [3.63, 3.8) is 0 Å². The third-order valence-electron chi connectivity index (χ3n) is 6.82. The maximum Gasteiger partial charge on any atom is 0.244 e. The summed E-state index contributed by atoms with van der Waals surface area (Å²) in [6.45, 7) is 2.31. The van der Waals surface area contributed by atoms with E-state index in [0.29, 0.717) is 41.6 Å². The number of piperidine rings is 1. The molecule has 0 amide bonds. The summed E-state index contributed by atoms with van der Waals surface area (Å²) >= 11 is 2.68. The Kier molecular flexibility index (Phi) is 9.29. The fraction of sp³-hybridized carbons (Fsp3) is 0.321. The number of pyridine rings is 2. The van der Waals surface area contributed by atoms with E-state index in [9.17, 15) is 22.3 Å². The summed E-state index contributed by atoms with van der Waals surface area (Å²) in [5.74, 6) is -0.856. The molecule has 4 aromatic rings. The van der Waals surface area contributed by atoms with Crippen LogP contribution in [0, 0.1) is 18.6 Å². The van der Waals surface area contributed by atoms with Gasteiger partial charge in [0.05, 0.1) is 21.2 Å². The highest BCUT2D eigenvalue weighted by molar-refractivity contribution is 7.99. The van der Waals surface area contributed by atoms with Gasteiger partial charge in [-0.25, -0.2) is 27.2 Å². The topological polar surface area (TPSA) is 108 Å². The van der Waals surface area contributed by atoms with E-state index in [1.54, 1.807) is 37.0 Å². The Morgan fingerprint density at radius 1 is 1.10 bits per heavy atom. The van der Waals surface area contributed by atoms with Crippen molar-refractivity contribution in [3.05, 3.63) is 94.4 Å². The zero-order valence-corrected chi connectivity index (χ0v) is 24.7. The van der Waals surface area contributed by atoms with E-state index < -0.39 is 33.3 Å². The summed E-state index contributed by atoms with van der Waals surface area (Å²) in [6, 6.07) is 12.5. The van der Waals surface area contributed by atoms with Crippen molar-refractivity contribution in [1.29, 1.82) is 0 Å². The molecule has 1 aromatic carbocycles. The first-order valence-electron chi connectivity index (χ1n) is 13.1. The standard InChI is InChI=1S/C28H29F2N5O3S3/c1-18-27(26(36)25-22(29)6-4-7-23(25)30)40-28(33-18)34-20-10-14-35(15-11-20)41(37,38)21-8-9-24(32-17-21)39-16-12-19-5-2-3-13-31-19/h2-9,13,17,20,26,36H,10-12,14-16H2,1H3,(H,33,34). The molecule has 5 rings (SSSR count). The molecule has 1 saturated heterocycles. The summed E-state index contributed by atoms with van der Waals surface area (Å²) in [4.78, 5) is 13.6. The molecule has 1 atom stereocenters. The Morgan fingerprint density at radius 2 is 1.85 bits per heavy atom. The molecule has 8 nitrogen and oxygen atoms in total. The van der Waals surface area contributed by atoms with E-state index in [4.69, 9.17) is 0 Å². The number of thioether (sulfide) groups is 1. The van der Waals surface area contributed by atoms with E-state index in [1.807, 2.05) is 18.2 Å². The van der Waals surface area contributed by atoms with E-state index in [-0.39, 0.29) is 10.9 Å². The highest BCUT2D eigenvalue weighted by Gasteiger charge is 2.31. The van der Waals surface area contributed by atoms with Crippen LogP contribution >= 0.6 is 23.1 Å². The van der Waals surface area contributed by atoms with E-state index in [2.05, 4.69) is 20.3 Å². The normalized spacial score (nSPS) is 15.6. The SMILES string of the molecule is Cc1nc(NC2CCN(S(=O)(=O)c3ccc(SCCc4ccccn4)nc3)CC2)sc1C(O)c1c(F)cccc1F. The number of hydrogen-bond donors (Lipinski definition) is 2. The van der Waals surface area contributed by atoms with Crippen LogP contribution in [0.25, 0.3) is 0 Å². The number of aliphatic hydroxyl groups is 1. The van der Waals surface area contributed by atoms with Gasteiger partial charge in [-0.15, -0.1) is 11.8 Å². The van der Waals surface area contributed by atoms with Crippen molar-refractivity contribution in [2.45, 2.75) is 48.3 Å². The molecule has 1 aliphatic heterocycles. The molecule has 0 bridgehead atoms. The second kappa shape index (κ2) is 12.9. The van der Waals surface area contributed by atoms with Gasteiger partial charge >= 0.3 is 0 Å².